The van der Waals surface area contributed by atoms with Crippen molar-refractivity contribution in [1.82, 2.24) is 29.9 Å². The third kappa shape index (κ3) is 5.12. The van der Waals surface area contributed by atoms with Gasteiger partial charge >= 0.3 is 0 Å². The normalized spacial score (nSPS) is 20.8. The third-order valence-corrected chi connectivity index (χ3v) is 6.71. The number of piperidine rings is 1. The minimum Gasteiger partial charge on any atom is -0.349 e. The average molecular weight is 425 g/mol. The number of likely N-dealkylation sites (N-methyl/N-ethyl adjacent to an activating group) is 1. The number of carbonyl (C=O) groups is 2. The van der Waals surface area contributed by atoms with Crippen LogP contribution in [0.5, 0.6) is 0 Å². The van der Waals surface area contributed by atoms with E-state index >= 15 is 0 Å². The first-order valence-corrected chi connectivity index (χ1v) is 11.1. The highest BCUT2D eigenvalue weighted by atomic mass is 16.2. The molecule has 31 heavy (non-hydrogen) atoms. The number of nitrogens with zero attached hydrogens (tertiary/aromatic N) is 5. The fraction of sp³-hybridized carbons (Fsp3) is 0.565. The van der Waals surface area contributed by atoms with Crippen LogP contribution < -0.4 is 5.32 Å². The zero-order valence-electron chi connectivity index (χ0n) is 18.5. The van der Waals surface area contributed by atoms with Gasteiger partial charge < -0.3 is 10.2 Å². The summed E-state index contributed by atoms with van der Waals surface area (Å²) in [6.45, 7) is 5.52. The van der Waals surface area contributed by atoms with Crippen LogP contribution in [-0.4, -0.2) is 69.1 Å². The Kier molecular flexibility index (Phi) is 6.36. The molecule has 2 fully saturated rings. The molecule has 2 aromatic rings. The Morgan fingerprint density at radius 1 is 1.26 bits per heavy atom. The van der Waals surface area contributed by atoms with Crippen molar-refractivity contribution in [3.05, 3.63) is 48.0 Å². The number of carbonyl (C=O) groups excluding carboxylic acids is 2. The van der Waals surface area contributed by atoms with Gasteiger partial charge in [0.05, 0.1) is 24.5 Å². The molecule has 4 heterocycles. The first kappa shape index (κ1) is 21.5. The molecule has 8 nitrogen and oxygen atoms in total. The lowest BCUT2D eigenvalue weighted by molar-refractivity contribution is -0.134. The molecule has 1 N–H and O–H groups in total. The van der Waals surface area contributed by atoms with Gasteiger partial charge in [-0.25, -0.2) is 0 Å². The van der Waals surface area contributed by atoms with Crippen LogP contribution in [0.25, 0.3) is 0 Å². The van der Waals surface area contributed by atoms with Gasteiger partial charge in [-0.05, 0) is 56.3 Å². The summed E-state index contributed by atoms with van der Waals surface area (Å²) < 4.78 is 1.83. The maximum absolute atomic E-state index is 12.8. The molecule has 2 aromatic heterocycles. The molecule has 0 aromatic carbocycles. The van der Waals surface area contributed by atoms with Crippen LogP contribution in [-0.2, 0) is 22.7 Å². The zero-order valence-corrected chi connectivity index (χ0v) is 18.5. The van der Waals surface area contributed by atoms with E-state index in [1.807, 2.05) is 54.1 Å². The van der Waals surface area contributed by atoms with E-state index in [2.05, 4.69) is 20.3 Å². The van der Waals surface area contributed by atoms with Crippen molar-refractivity contribution in [3.63, 3.8) is 0 Å². The number of aromatic nitrogens is 3. The molecule has 0 radical (unpaired) electrons. The van der Waals surface area contributed by atoms with E-state index in [1.165, 1.54) is 0 Å². The van der Waals surface area contributed by atoms with Gasteiger partial charge in [0.1, 0.15) is 0 Å². The molecular weight excluding hydrogens is 392 g/mol. The summed E-state index contributed by atoms with van der Waals surface area (Å²) >= 11 is 0. The molecule has 2 amide bonds. The molecule has 8 heteroatoms. The maximum atomic E-state index is 12.8. The number of amides is 2. The van der Waals surface area contributed by atoms with Crippen molar-refractivity contribution in [2.75, 3.05) is 26.7 Å². The maximum Gasteiger partial charge on any atom is 0.237 e. The van der Waals surface area contributed by atoms with Gasteiger partial charge in [0.2, 0.25) is 11.8 Å². The van der Waals surface area contributed by atoms with Gasteiger partial charge in [-0.1, -0.05) is 6.07 Å². The van der Waals surface area contributed by atoms with Crippen molar-refractivity contribution < 1.29 is 9.59 Å². The van der Waals surface area contributed by atoms with Crippen molar-refractivity contribution in [2.24, 2.45) is 5.41 Å². The number of rotatable bonds is 6. The SMILES string of the molecule is Cc1cnn(CCC(=O)N2CCC3(CC2)CC(C(=O)NCc2ccccn2)N(C)C3)c1. The van der Waals surface area contributed by atoms with Gasteiger partial charge in [0.25, 0.3) is 0 Å². The Bertz CT molecular complexity index is 904. The number of likely N-dealkylation sites (tertiary alicyclic amines) is 2. The van der Waals surface area contributed by atoms with Gasteiger partial charge in [-0.15, -0.1) is 0 Å². The van der Waals surface area contributed by atoms with E-state index in [0.717, 1.165) is 50.2 Å². The number of aryl methyl sites for hydroxylation is 2. The first-order chi connectivity index (χ1) is 14.9. The highest BCUT2D eigenvalue weighted by molar-refractivity contribution is 5.82. The Hall–Kier alpha value is -2.74. The van der Waals surface area contributed by atoms with Crippen LogP contribution in [0.4, 0.5) is 0 Å². The number of hydrogen-bond acceptors (Lipinski definition) is 5. The van der Waals surface area contributed by atoms with Crippen molar-refractivity contribution in [2.45, 2.75) is 51.7 Å². The van der Waals surface area contributed by atoms with Crippen LogP contribution in [0.15, 0.2) is 36.8 Å². The molecule has 1 unspecified atom stereocenters. The van der Waals surface area contributed by atoms with E-state index in [0.29, 0.717) is 19.5 Å². The molecule has 0 aliphatic carbocycles. The summed E-state index contributed by atoms with van der Waals surface area (Å²) in [5.41, 5.74) is 2.09. The molecule has 1 atom stereocenters. The Labute approximate surface area is 183 Å². The van der Waals surface area contributed by atoms with E-state index in [-0.39, 0.29) is 23.3 Å². The van der Waals surface area contributed by atoms with Gasteiger partial charge in [-0.2, -0.15) is 5.10 Å². The second-order valence-electron chi connectivity index (χ2n) is 9.09. The largest absolute Gasteiger partial charge is 0.349 e. The number of pyridine rings is 1. The summed E-state index contributed by atoms with van der Waals surface area (Å²) in [5, 5.41) is 7.30. The third-order valence-electron chi connectivity index (χ3n) is 6.71. The fourth-order valence-electron chi connectivity index (χ4n) is 4.91. The van der Waals surface area contributed by atoms with Gasteiger partial charge in [-0.3, -0.25) is 24.2 Å². The summed E-state index contributed by atoms with van der Waals surface area (Å²) in [7, 11) is 2.03. The molecule has 166 valence electrons. The highest BCUT2D eigenvalue weighted by Gasteiger charge is 2.46. The second-order valence-corrected chi connectivity index (χ2v) is 9.09. The molecule has 1 spiro atoms. The molecule has 2 aliphatic heterocycles. The van der Waals surface area contributed by atoms with Gasteiger partial charge in [0.15, 0.2) is 0 Å². The highest BCUT2D eigenvalue weighted by Crippen LogP contribution is 2.42. The summed E-state index contributed by atoms with van der Waals surface area (Å²) in [6, 6.07) is 5.60. The molecular formula is C23H32N6O2. The Balaban J connectivity index is 1.25. The van der Waals surface area contributed by atoms with Crippen molar-refractivity contribution >= 4 is 11.8 Å². The summed E-state index contributed by atoms with van der Waals surface area (Å²) in [4.78, 5) is 33.9. The first-order valence-electron chi connectivity index (χ1n) is 11.1. The van der Waals surface area contributed by atoms with E-state index in [9.17, 15) is 9.59 Å². The monoisotopic (exact) mass is 424 g/mol. The Morgan fingerprint density at radius 3 is 2.74 bits per heavy atom. The lowest BCUT2D eigenvalue weighted by atomic mass is 9.76. The lowest BCUT2D eigenvalue weighted by Crippen LogP contribution is -2.44. The Morgan fingerprint density at radius 2 is 2.06 bits per heavy atom. The van der Waals surface area contributed by atoms with E-state index in [1.54, 1.807) is 6.20 Å². The van der Waals surface area contributed by atoms with Gasteiger partial charge in [0, 0.05) is 45.0 Å². The molecule has 2 saturated heterocycles. The molecule has 2 aliphatic rings. The predicted molar refractivity (Wildman–Crippen MR) is 117 cm³/mol. The van der Waals surface area contributed by atoms with Crippen molar-refractivity contribution in [1.29, 1.82) is 0 Å². The predicted octanol–water partition coefficient (Wildman–Crippen LogP) is 1.61. The van der Waals surface area contributed by atoms with Crippen LogP contribution in [0.1, 0.15) is 36.9 Å². The number of hydrogen-bond donors (Lipinski definition) is 1. The zero-order chi connectivity index (χ0) is 21.8. The second kappa shape index (κ2) is 9.18. The number of nitrogens with one attached hydrogen (secondary N) is 1. The van der Waals surface area contributed by atoms with E-state index < -0.39 is 0 Å². The summed E-state index contributed by atoms with van der Waals surface area (Å²) in [5.74, 6) is 0.261. The van der Waals surface area contributed by atoms with Crippen LogP contribution in [0.3, 0.4) is 0 Å². The van der Waals surface area contributed by atoms with E-state index in [4.69, 9.17) is 0 Å². The average Bonchev–Trinajstić information content (AvgIpc) is 3.34. The minimum atomic E-state index is -0.117. The smallest absolute Gasteiger partial charge is 0.237 e. The topological polar surface area (TPSA) is 83.4 Å². The van der Waals surface area contributed by atoms with Crippen LogP contribution in [0, 0.1) is 12.3 Å². The fourth-order valence-corrected chi connectivity index (χ4v) is 4.91. The summed E-state index contributed by atoms with van der Waals surface area (Å²) in [6.07, 6.45) is 8.75. The standard InChI is InChI=1S/C23H32N6O2/c1-18-14-26-29(16-18)10-6-21(30)28-11-7-23(8-12-28)13-20(27(2)17-23)22(31)25-15-19-5-3-4-9-24-19/h3-5,9,14,16,20H,6-8,10-13,15,17H2,1-2H3,(H,25,31). The lowest BCUT2D eigenvalue weighted by Gasteiger charge is -2.39. The van der Waals surface area contributed by atoms with Crippen LogP contribution >= 0.6 is 0 Å². The minimum absolute atomic E-state index is 0.0676. The molecule has 0 saturated carbocycles. The molecule has 0 bridgehead atoms. The van der Waals surface area contributed by atoms with Crippen molar-refractivity contribution in [3.8, 4) is 0 Å². The van der Waals surface area contributed by atoms with Crippen LogP contribution in [0.2, 0.25) is 0 Å². The molecule has 4 rings (SSSR count). The quantitative estimate of drug-likeness (QED) is 0.762.